The predicted molar refractivity (Wildman–Crippen MR) is 100 cm³/mol. The van der Waals surface area contributed by atoms with Gasteiger partial charge in [-0.2, -0.15) is 0 Å². The number of fused-ring (bicyclic) bond motifs is 1. The largest absolute Gasteiger partial charge is 0.352 e. The Kier molecular flexibility index (Phi) is 5.48. The fraction of sp³-hybridized carbons (Fsp3) is 0.444. The van der Waals surface area contributed by atoms with Gasteiger partial charge in [-0.05, 0) is 18.9 Å². The van der Waals surface area contributed by atoms with E-state index in [1.54, 1.807) is 19.0 Å². The van der Waals surface area contributed by atoms with Gasteiger partial charge in [0.05, 0.1) is 16.1 Å². The van der Waals surface area contributed by atoms with Crippen LogP contribution < -0.4 is 5.32 Å². The zero-order valence-corrected chi connectivity index (χ0v) is 16.1. The van der Waals surface area contributed by atoms with E-state index in [-0.39, 0.29) is 28.9 Å². The van der Waals surface area contributed by atoms with Crippen molar-refractivity contribution in [3.63, 3.8) is 0 Å². The molecule has 1 aromatic rings. The lowest BCUT2D eigenvalue weighted by molar-refractivity contribution is -0.384. The third-order valence-electron chi connectivity index (χ3n) is 4.98. The van der Waals surface area contributed by atoms with E-state index >= 15 is 0 Å². The Balaban J connectivity index is 1.58. The van der Waals surface area contributed by atoms with E-state index in [1.807, 2.05) is 0 Å². The SMILES string of the molecule is CN(C)C(=O)N1CCC(NC(=O)CN2C(=O)c3ccc([N+](=O)[O-])cc3C2=O)CC1. The van der Waals surface area contributed by atoms with Crippen molar-refractivity contribution in [2.45, 2.75) is 18.9 Å². The first-order valence-electron chi connectivity index (χ1n) is 9.09. The number of benzene rings is 1. The van der Waals surface area contributed by atoms with Crippen molar-refractivity contribution in [3.05, 3.63) is 39.4 Å². The summed E-state index contributed by atoms with van der Waals surface area (Å²) in [6.45, 7) is 0.536. The minimum Gasteiger partial charge on any atom is -0.352 e. The van der Waals surface area contributed by atoms with Crippen molar-refractivity contribution in [2.24, 2.45) is 0 Å². The van der Waals surface area contributed by atoms with Gasteiger partial charge in [-0.25, -0.2) is 4.79 Å². The van der Waals surface area contributed by atoms with Gasteiger partial charge in [-0.15, -0.1) is 0 Å². The highest BCUT2D eigenvalue weighted by atomic mass is 16.6. The van der Waals surface area contributed by atoms with Crippen LogP contribution in [0.3, 0.4) is 0 Å². The fourth-order valence-electron chi connectivity index (χ4n) is 3.45. The summed E-state index contributed by atoms with van der Waals surface area (Å²) >= 11 is 0. The molecule has 0 saturated carbocycles. The summed E-state index contributed by atoms with van der Waals surface area (Å²) in [6, 6.07) is 3.17. The standard InChI is InChI=1S/C18H21N5O6/c1-20(2)18(27)21-7-5-11(6-8-21)19-15(24)10-22-16(25)13-4-3-12(23(28)29)9-14(13)17(22)26/h3-4,9,11H,5-8,10H2,1-2H3,(H,19,24). The van der Waals surface area contributed by atoms with Gasteiger partial charge in [0.25, 0.3) is 17.5 Å². The van der Waals surface area contributed by atoms with E-state index in [0.29, 0.717) is 25.9 Å². The molecule has 11 nitrogen and oxygen atoms in total. The number of imide groups is 1. The maximum atomic E-state index is 12.4. The van der Waals surface area contributed by atoms with E-state index in [4.69, 9.17) is 0 Å². The van der Waals surface area contributed by atoms with E-state index in [2.05, 4.69) is 5.32 Å². The number of nitrogens with one attached hydrogen (secondary N) is 1. The highest BCUT2D eigenvalue weighted by Gasteiger charge is 2.38. The topological polar surface area (TPSA) is 133 Å². The van der Waals surface area contributed by atoms with Gasteiger partial charge in [0.2, 0.25) is 5.91 Å². The molecular weight excluding hydrogens is 382 g/mol. The quantitative estimate of drug-likeness (QED) is 0.441. The van der Waals surface area contributed by atoms with Crippen LogP contribution in [0.15, 0.2) is 18.2 Å². The van der Waals surface area contributed by atoms with Gasteiger partial charge in [0.1, 0.15) is 6.54 Å². The van der Waals surface area contributed by atoms with E-state index in [1.165, 1.54) is 11.0 Å². The Morgan fingerprint density at radius 2 is 1.79 bits per heavy atom. The number of non-ortho nitro benzene ring substituents is 1. The first-order valence-corrected chi connectivity index (χ1v) is 9.09. The molecule has 0 spiro atoms. The van der Waals surface area contributed by atoms with Gasteiger partial charge in [-0.1, -0.05) is 0 Å². The molecule has 2 aliphatic rings. The number of nitro benzene ring substituents is 1. The van der Waals surface area contributed by atoms with Crippen LogP contribution >= 0.6 is 0 Å². The Morgan fingerprint density at radius 3 is 2.38 bits per heavy atom. The maximum absolute atomic E-state index is 12.4. The third kappa shape index (κ3) is 4.03. The van der Waals surface area contributed by atoms with Crippen LogP contribution in [0, 0.1) is 10.1 Å². The number of piperidine rings is 1. The molecule has 0 bridgehead atoms. The first-order chi connectivity index (χ1) is 13.7. The highest BCUT2D eigenvalue weighted by molar-refractivity contribution is 6.22. The average molecular weight is 403 g/mol. The van der Waals surface area contributed by atoms with Gasteiger partial charge in [0.15, 0.2) is 0 Å². The lowest BCUT2D eigenvalue weighted by Gasteiger charge is -2.34. The minimum absolute atomic E-state index is 0.0453. The number of rotatable bonds is 4. The Bertz CT molecular complexity index is 891. The molecule has 2 aliphatic heterocycles. The van der Waals surface area contributed by atoms with Crippen LogP contribution in [0.2, 0.25) is 0 Å². The first kappa shape index (κ1) is 20.2. The normalized spacial score (nSPS) is 16.6. The van der Waals surface area contributed by atoms with Crippen molar-refractivity contribution < 1.29 is 24.1 Å². The number of hydrogen-bond acceptors (Lipinski definition) is 6. The van der Waals surface area contributed by atoms with Gasteiger partial charge < -0.3 is 15.1 Å². The fourth-order valence-corrected chi connectivity index (χ4v) is 3.45. The molecule has 0 aromatic heterocycles. The van der Waals surface area contributed by atoms with Gasteiger partial charge in [0, 0.05) is 45.4 Å². The molecule has 1 N–H and O–H groups in total. The smallest absolute Gasteiger partial charge is 0.319 e. The number of hydrogen-bond donors (Lipinski definition) is 1. The van der Waals surface area contributed by atoms with Crippen LogP contribution in [-0.2, 0) is 4.79 Å². The molecule has 0 atom stereocenters. The molecule has 29 heavy (non-hydrogen) atoms. The highest BCUT2D eigenvalue weighted by Crippen LogP contribution is 2.26. The Morgan fingerprint density at radius 1 is 1.17 bits per heavy atom. The number of carbonyl (C=O) groups excluding carboxylic acids is 4. The van der Waals surface area contributed by atoms with Crippen LogP contribution in [-0.4, -0.2) is 83.1 Å². The molecule has 0 radical (unpaired) electrons. The summed E-state index contributed by atoms with van der Waals surface area (Å²) in [5, 5.41) is 13.7. The van der Waals surface area contributed by atoms with Gasteiger partial charge >= 0.3 is 6.03 Å². The summed E-state index contributed by atoms with van der Waals surface area (Å²) in [5.41, 5.74) is -0.327. The summed E-state index contributed by atoms with van der Waals surface area (Å²) in [4.78, 5) is 63.3. The van der Waals surface area contributed by atoms with Crippen molar-refractivity contribution in [1.29, 1.82) is 0 Å². The zero-order chi connectivity index (χ0) is 21.3. The van der Waals surface area contributed by atoms with Crippen molar-refractivity contribution in [3.8, 4) is 0 Å². The summed E-state index contributed by atoms with van der Waals surface area (Å²) in [7, 11) is 3.35. The van der Waals surface area contributed by atoms with Gasteiger partial charge in [-0.3, -0.25) is 29.4 Å². The summed E-state index contributed by atoms with van der Waals surface area (Å²) < 4.78 is 0. The lowest BCUT2D eigenvalue weighted by atomic mass is 10.1. The molecule has 3 rings (SSSR count). The van der Waals surface area contributed by atoms with Crippen molar-refractivity contribution in [1.82, 2.24) is 20.0 Å². The second kappa shape index (κ2) is 7.86. The molecule has 1 aromatic carbocycles. The lowest BCUT2D eigenvalue weighted by Crippen LogP contribution is -2.50. The molecule has 0 aliphatic carbocycles. The van der Waals surface area contributed by atoms with Crippen molar-refractivity contribution >= 4 is 29.4 Å². The summed E-state index contributed by atoms with van der Waals surface area (Å²) in [5.74, 6) is -1.87. The van der Waals surface area contributed by atoms with Crippen LogP contribution in [0.5, 0.6) is 0 Å². The second-order valence-corrected chi connectivity index (χ2v) is 7.19. The van der Waals surface area contributed by atoms with Crippen LogP contribution in [0.1, 0.15) is 33.6 Å². The van der Waals surface area contributed by atoms with Crippen molar-refractivity contribution in [2.75, 3.05) is 33.7 Å². The zero-order valence-electron chi connectivity index (χ0n) is 16.1. The van der Waals surface area contributed by atoms with E-state index < -0.39 is 29.2 Å². The molecule has 2 heterocycles. The van der Waals surface area contributed by atoms with Crippen LogP contribution in [0.4, 0.5) is 10.5 Å². The molecule has 5 amide bonds. The Hall–Kier alpha value is -3.50. The predicted octanol–water partition coefficient (Wildman–Crippen LogP) is 0.453. The van der Waals surface area contributed by atoms with E-state index in [0.717, 1.165) is 17.0 Å². The number of amides is 5. The second-order valence-electron chi connectivity index (χ2n) is 7.19. The van der Waals surface area contributed by atoms with E-state index in [9.17, 15) is 29.3 Å². The summed E-state index contributed by atoms with van der Waals surface area (Å²) in [6.07, 6.45) is 1.14. The number of nitro groups is 1. The number of likely N-dealkylation sites (tertiary alicyclic amines) is 1. The monoisotopic (exact) mass is 403 g/mol. The molecule has 11 heteroatoms. The number of urea groups is 1. The molecule has 1 fully saturated rings. The number of carbonyl (C=O) groups is 4. The maximum Gasteiger partial charge on any atom is 0.319 e. The third-order valence-corrected chi connectivity index (χ3v) is 4.98. The molecule has 0 unspecified atom stereocenters. The number of nitrogens with zero attached hydrogens (tertiary/aromatic N) is 4. The molecule has 154 valence electrons. The molecule has 1 saturated heterocycles. The molecular formula is C18H21N5O6. The van der Waals surface area contributed by atoms with Crippen LogP contribution in [0.25, 0.3) is 0 Å². The Labute approximate surface area is 166 Å². The average Bonchev–Trinajstić information content (AvgIpc) is 2.92. The minimum atomic E-state index is -0.727.